The molecule has 0 saturated carbocycles. The van der Waals surface area contributed by atoms with Gasteiger partial charge in [-0.2, -0.15) is 10.2 Å². The summed E-state index contributed by atoms with van der Waals surface area (Å²) in [5, 5.41) is 22.1. The molecule has 1 atom stereocenters. The number of anilines is 2. The number of hydrogen-bond donors (Lipinski definition) is 1. The fourth-order valence-corrected chi connectivity index (χ4v) is 4.04. The molecular formula is C28H23N5O2. The standard InChI is InChI=1S/C28H23N5O2/c34-33(35)26-17-13-24(14-18-26)30-29-20-21-11-15-25(16-12-21)32-28(23-9-5-2-6-10-23)19-27(31-32)22-7-3-1-4-8-22/h1-18,20,28,30H,19H2. The molecule has 0 aromatic heterocycles. The third-order valence-electron chi connectivity index (χ3n) is 5.84. The molecule has 4 aromatic rings. The van der Waals surface area contributed by atoms with E-state index in [9.17, 15) is 10.1 Å². The third-order valence-corrected chi connectivity index (χ3v) is 5.84. The lowest BCUT2D eigenvalue weighted by Gasteiger charge is -2.24. The first-order valence-electron chi connectivity index (χ1n) is 11.3. The molecule has 0 radical (unpaired) electrons. The highest BCUT2D eigenvalue weighted by molar-refractivity contribution is 6.03. The maximum Gasteiger partial charge on any atom is 0.269 e. The third kappa shape index (κ3) is 5.09. The van der Waals surface area contributed by atoms with Crippen LogP contribution in [0.3, 0.4) is 0 Å². The van der Waals surface area contributed by atoms with E-state index in [-0.39, 0.29) is 11.7 Å². The molecule has 35 heavy (non-hydrogen) atoms. The lowest BCUT2D eigenvalue weighted by atomic mass is 9.98. The van der Waals surface area contributed by atoms with E-state index in [4.69, 9.17) is 5.10 Å². The Morgan fingerprint density at radius 3 is 2.20 bits per heavy atom. The van der Waals surface area contributed by atoms with Gasteiger partial charge in [0.05, 0.1) is 34.3 Å². The average molecular weight is 462 g/mol. The van der Waals surface area contributed by atoms with Crippen LogP contribution in [-0.2, 0) is 0 Å². The molecule has 0 spiro atoms. The van der Waals surface area contributed by atoms with E-state index in [1.807, 2.05) is 48.5 Å². The number of hydrazone groups is 2. The molecule has 7 nitrogen and oxygen atoms in total. The summed E-state index contributed by atoms with van der Waals surface area (Å²) in [5.74, 6) is 0. The zero-order valence-electron chi connectivity index (χ0n) is 18.9. The van der Waals surface area contributed by atoms with Crippen LogP contribution in [0.2, 0.25) is 0 Å². The van der Waals surface area contributed by atoms with Crippen LogP contribution >= 0.6 is 0 Å². The molecule has 0 saturated heterocycles. The SMILES string of the molecule is O=[N+]([O-])c1ccc(NN=Cc2ccc(N3N=C(c4ccccc4)CC3c3ccccc3)cc2)cc1. The van der Waals surface area contributed by atoms with Crippen molar-refractivity contribution >= 4 is 29.0 Å². The van der Waals surface area contributed by atoms with Gasteiger partial charge < -0.3 is 0 Å². The van der Waals surface area contributed by atoms with Gasteiger partial charge in [0.25, 0.3) is 5.69 Å². The van der Waals surface area contributed by atoms with Gasteiger partial charge in [-0.1, -0.05) is 72.8 Å². The minimum absolute atomic E-state index is 0.0453. The Kier molecular flexibility index (Phi) is 6.30. The first kappa shape index (κ1) is 22.0. The smallest absolute Gasteiger partial charge is 0.269 e. The molecule has 5 rings (SSSR count). The van der Waals surface area contributed by atoms with Crippen LogP contribution in [0.1, 0.15) is 29.2 Å². The van der Waals surface area contributed by atoms with Gasteiger partial charge in [0.1, 0.15) is 0 Å². The fourth-order valence-electron chi connectivity index (χ4n) is 4.04. The maximum absolute atomic E-state index is 10.8. The van der Waals surface area contributed by atoms with Crippen molar-refractivity contribution in [3.8, 4) is 0 Å². The van der Waals surface area contributed by atoms with Gasteiger partial charge in [0.15, 0.2) is 0 Å². The van der Waals surface area contributed by atoms with Crippen molar-refractivity contribution in [3.63, 3.8) is 0 Å². The van der Waals surface area contributed by atoms with Gasteiger partial charge in [-0.25, -0.2) is 0 Å². The normalized spacial score (nSPS) is 15.3. The highest BCUT2D eigenvalue weighted by Crippen LogP contribution is 2.36. The highest BCUT2D eigenvalue weighted by Gasteiger charge is 2.29. The minimum Gasteiger partial charge on any atom is -0.278 e. The van der Waals surface area contributed by atoms with Gasteiger partial charge in [-0.3, -0.25) is 20.5 Å². The molecule has 1 N–H and O–H groups in total. The van der Waals surface area contributed by atoms with Crippen LogP contribution in [-0.4, -0.2) is 16.8 Å². The molecule has 1 aliphatic heterocycles. The summed E-state index contributed by atoms with van der Waals surface area (Å²) in [6.45, 7) is 0. The van der Waals surface area contributed by atoms with E-state index >= 15 is 0 Å². The summed E-state index contributed by atoms with van der Waals surface area (Å²) < 4.78 is 0. The number of nitrogens with one attached hydrogen (secondary N) is 1. The van der Waals surface area contributed by atoms with Crippen molar-refractivity contribution in [3.05, 3.63) is 136 Å². The van der Waals surface area contributed by atoms with Gasteiger partial charge in [-0.05, 0) is 41.0 Å². The van der Waals surface area contributed by atoms with E-state index in [1.165, 1.54) is 17.7 Å². The largest absolute Gasteiger partial charge is 0.278 e. The number of nitrogens with zero attached hydrogens (tertiary/aromatic N) is 4. The zero-order chi connectivity index (χ0) is 24.0. The molecule has 4 aromatic carbocycles. The Hall–Kier alpha value is -4.78. The Labute approximate surface area is 203 Å². The first-order chi connectivity index (χ1) is 17.2. The second-order valence-electron chi connectivity index (χ2n) is 8.15. The molecule has 1 heterocycles. The number of benzene rings is 4. The van der Waals surface area contributed by atoms with E-state index in [0.29, 0.717) is 5.69 Å². The van der Waals surface area contributed by atoms with Crippen LogP contribution < -0.4 is 10.4 Å². The van der Waals surface area contributed by atoms with Crippen molar-refractivity contribution in [2.75, 3.05) is 10.4 Å². The summed E-state index contributed by atoms with van der Waals surface area (Å²) >= 11 is 0. The van der Waals surface area contributed by atoms with Crippen LogP contribution in [0.15, 0.2) is 119 Å². The lowest BCUT2D eigenvalue weighted by Crippen LogP contribution is -2.18. The van der Waals surface area contributed by atoms with Crippen LogP contribution in [0.4, 0.5) is 17.1 Å². The number of rotatable bonds is 7. The minimum atomic E-state index is -0.426. The maximum atomic E-state index is 10.8. The molecule has 0 bridgehead atoms. The van der Waals surface area contributed by atoms with Crippen molar-refractivity contribution in [2.24, 2.45) is 10.2 Å². The fraction of sp³-hybridized carbons (Fsp3) is 0.0714. The summed E-state index contributed by atoms with van der Waals surface area (Å²) in [4.78, 5) is 10.3. The van der Waals surface area contributed by atoms with E-state index in [2.05, 4.69) is 51.9 Å². The van der Waals surface area contributed by atoms with Crippen LogP contribution in [0.5, 0.6) is 0 Å². The summed E-state index contributed by atoms with van der Waals surface area (Å²) in [6, 6.07) is 35.1. The molecule has 0 aliphatic carbocycles. The quantitative estimate of drug-likeness (QED) is 0.196. The molecule has 1 unspecified atom stereocenters. The predicted octanol–water partition coefficient (Wildman–Crippen LogP) is 6.40. The number of nitro benzene ring substituents is 1. The van der Waals surface area contributed by atoms with Gasteiger partial charge in [0, 0.05) is 18.6 Å². The van der Waals surface area contributed by atoms with E-state index < -0.39 is 4.92 Å². The molecule has 0 amide bonds. The Bertz CT molecular complexity index is 1350. The summed E-state index contributed by atoms with van der Waals surface area (Å²) in [5.41, 5.74) is 8.97. The van der Waals surface area contributed by atoms with Crippen molar-refractivity contribution < 1.29 is 4.92 Å². The van der Waals surface area contributed by atoms with Crippen LogP contribution in [0.25, 0.3) is 0 Å². The molecule has 7 heteroatoms. The Morgan fingerprint density at radius 1 is 0.886 bits per heavy atom. The summed E-state index contributed by atoms with van der Waals surface area (Å²) in [6.07, 6.45) is 2.54. The molecule has 0 fully saturated rings. The molecule has 172 valence electrons. The van der Waals surface area contributed by atoms with Crippen molar-refractivity contribution in [1.29, 1.82) is 0 Å². The van der Waals surface area contributed by atoms with Crippen molar-refractivity contribution in [2.45, 2.75) is 12.5 Å². The second-order valence-corrected chi connectivity index (χ2v) is 8.15. The molecule has 1 aliphatic rings. The first-order valence-corrected chi connectivity index (χ1v) is 11.3. The van der Waals surface area contributed by atoms with E-state index in [1.54, 1.807) is 18.3 Å². The highest BCUT2D eigenvalue weighted by atomic mass is 16.6. The zero-order valence-corrected chi connectivity index (χ0v) is 18.9. The Balaban J connectivity index is 1.33. The predicted molar refractivity (Wildman–Crippen MR) is 140 cm³/mol. The lowest BCUT2D eigenvalue weighted by molar-refractivity contribution is -0.384. The van der Waals surface area contributed by atoms with Crippen LogP contribution in [0, 0.1) is 10.1 Å². The molecular weight excluding hydrogens is 438 g/mol. The Morgan fingerprint density at radius 2 is 1.54 bits per heavy atom. The number of hydrogen-bond acceptors (Lipinski definition) is 6. The summed E-state index contributed by atoms with van der Waals surface area (Å²) in [7, 11) is 0. The topological polar surface area (TPSA) is 83.1 Å². The van der Waals surface area contributed by atoms with Gasteiger partial charge in [0.2, 0.25) is 0 Å². The average Bonchev–Trinajstić information content (AvgIpc) is 3.36. The van der Waals surface area contributed by atoms with Crippen molar-refractivity contribution in [1.82, 2.24) is 0 Å². The van der Waals surface area contributed by atoms with E-state index in [0.717, 1.165) is 28.9 Å². The number of non-ortho nitro benzene ring substituents is 1. The second kappa shape index (κ2) is 10.0. The van der Waals surface area contributed by atoms with Gasteiger partial charge in [-0.15, -0.1) is 0 Å². The van der Waals surface area contributed by atoms with Gasteiger partial charge >= 0.3 is 0 Å². The monoisotopic (exact) mass is 461 g/mol. The number of nitro groups is 1.